The maximum absolute atomic E-state index is 5.81. The number of aromatic nitrogens is 1. The number of aryl methyl sites for hydroxylation is 2. The van der Waals surface area contributed by atoms with Crippen LogP contribution in [0.3, 0.4) is 0 Å². The predicted molar refractivity (Wildman–Crippen MR) is 74.9 cm³/mol. The van der Waals surface area contributed by atoms with Crippen LogP contribution in [-0.2, 0) is 26.0 Å². The van der Waals surface area contributed by atoms with Gasteiger partial charge in [0, 0.05) is 6.54 Å². The highest BCUT2D eigenvalue weighted by Gasteiger charge is 2.11. The first-order valence-corrected chi connectivity index (χ1v) is 6.74. The molecule has 0 unspecified atom stereocenters. The number of hydrogen-bond acceptors (Lipinski definition) is 3. The zero-order valence-electron chi connectivity index (χ0n) is 10.9. The molecule has 19 heavy (non-hydrogen) atoms. The van der Waals surface area contributed by atoms with Crippen LogP contribution in [0.25, 0.3) is 0 Å². The van der Waals surface area contributed by atoms with Crippen LogP contribution in [0, 0.1) is 0 Å². The van der Waals surface area contributed by atoms with Crippen LogP contribution in [0.5, 0.6) is 5.75 Å². The van der Waals surface area contributed by atoms with E-state index < -0.39 is 0 Å². The highest BCUT2D eigenvalue weighted by molar-refractivity contribution is 5.38. The normalized spacial score (nSPS) is 13.3. The Labute approximate surface area is 113 Å². The van der Waals surface area contributed by atoms with Crippen molar-refractivity contribution in [3.8, 4) is 5.75 Å². The van der Waals surface area contributed by atoms with Gasteiger partial charge in [0.1, 0.15) is 12.4 Å². The minimum atomic E-state index is 0.465. The van der Waals surface area contributed by atoms with Gasteiger partial charge in [-0.3, -0.25) is 4.98 Å². The number of rotatable bonds is 4. The van der Waals surface area contributed by atoms with Gasteiger partial charge < -0.3 is 10.5 Å². The molecule has 0 fully saturated rings. The molecule has 1 heterocycles. The second kappa shape index (κ2) is 5.41. The Morgan fingerprint density at radius 3 is 2.79 bits per heavy atom. The lowest BCUT2D eigenvalue weighted by Crippen LogP contribution is -2.04. The van der Waals surface area contributed by atoms with Crippen molar-refractivity contribution in [3.63, 3.8) is 0 Å². The van der Waals surface area contributed by atoms with Gasteiger partial charge in [0.2, 0.25) is 0 Å². The standard InChI is InChI=1S/C16H18N2O/c17-10-14-5-2-6-15(18-14)11-19-16-8-7-12-3-1-4-13(12)9-16/h2,5-9H,1,3-4,10-11,17H2. The Kier molecular flexibility index (Phi) is 3.47. The molecule has 2 N–H and O–H groups in total. The predicted octanol–water partition coefficient (Wildman–Crippen LogP) is 2.61. The molecule has 0 amide bonds. The number of nitrogens with zero attached hydrogens (tertiary/aromatic N) is 1. The Morgan fingerprint density at radius 2 is 1.89 bits per heavy atom. The van der Waals surface area contributed by atoms with Crippen LogP contribution in [0.2, 0.25) is 0 Å². The lowest BCUT2D eigenvalue weighted by atomic mass is 10.1. The summed E-state index contributed by atoms with van der Waals surface area (Å²) in [5.74, 6) is 0.931. The first-order chi connectivity index (χ1) is 9.35. The largest absolute Gasteiger partial charge is 0.487 e. The van der Waals surface area contributed by atoms with Crippen molar-refractivity contribution in [1.29, 1.82) is 0 Å². The van der Waals surface area contributed by atoms with Gasteiger partial charge >= 0.3 is 0 Å². The summed E-state index contributed by atoms with van der Waals surface area (Å²) >= 11 is 0. The third kappa shape index (κ3) is 2.76. The fourth-order valence-electron chi connectivity index (χ4n) is 2.52. The molecule has 0 atom stereocenters. The van der Waals surface area contributed by atoms with Crippen molar-refractivity contribution in [3.05, 3.63) is 58.9 Å². The van der Waals surface area contributed by atoms with Gasteiger partial charge in [-0.1, -0.05) is 12.1 Å². The van der Waals surface area contributed by atoms with Crippen LogP contribution in [0.15, 0.2) is 36.4 Å². The molecular weight excluding hydrogens is 236 g/mol. The maximum Gasteiger partial charge on any atom is 0.130 e. The van der Waals surface area contributed by atoms with E-state index in [0.717, 1.165) is 17.1 Å². The number of nitrogens with two attached hydrogens (primary N) is 1. The number of fused-ring (bicyclic) bond motifs is 1. The topological polar surface area (TPSA) is 48.1 Å². The zero-order chi connectivity index (χ0) is 13.1. The molecule has 0 spiro atoms. The minimum absolute atomic E-state index is 0.465. The lowest BCUT2D eigenvalue weighted by molar-refractivity contribution is 0.300. The quantitative estimate of drug-likeness (QED) is 0.912. The Hall–Kier alpha value is -1.87. The first kappa shape index (κ1) is 12.2. The Bertz CT molecular complexity index is 581. The molecule has 1 aromatic carbocycles. The lowest BCUT2D eigenvalue weighted by Gasteiger charge is -2.08. The zero-order valence-corrected chi connectivity index (χ0v) is 10.9. The molecule has 0 bridgehead atoms. The van der Waals surface area contributed by atoms with Gasteiger partial charge in [0.25, 0.3) is 0 Å². The van der Waals surface area contributed by atoms with Crippen molar-refractivity contribution in [2.24, 2.45) is 5.73 Å². The summed E-state index contributed by atoms with van der Waals surface area (Å²) in [6.07, 6.45) is 3.64. The highest BCUT2D eigenvalue weighted by Crippen LogP contribution is 2.26. The number of benzene rings is 1. The number of ether oxygens (including phenoxy) is 1. The van der Waals surface area contributed by atoms with Gasteiger partial charge in [0.05, 0.1) is 11.4 Å². The summed E-state index contributed by atoms with van der Waals surface area (Å²) in [7, 11) is 0. The number of pyridine rings is 1. The van der Waals surface area contributed by atoms with E-state index in [0.29, 0.717) is 13.2 Å². The van der Waals surface area contributed by atoms with E-state index in [1.807, 2.05) is 18.2 Å². The maximum atomic E-state index is 5.81. The molecule has 3 heteroatoms. The van der Waals surface area contributed by atoms with Gasteiger partial charge in [-0.05, 0) is 54.7 Å². The molecule has 3 rings (SSSR count). The Balaban J connectivity index is 1.68. The molecule has 1 aliphatic rings. The van der Waals surface area contributed by atoms with E-state index in [2.05, 4.69) is 23.2 Å². The van der Waals surface area contributed by atoms with Gasteiger partial charge in [-0.25, -0.2) is 0 Å². The summed E-state index contributed by atoms with van der Waals surface area (Å²) in [4.78, 5) is 4.43. The SMILES string of the molecule is NCc1cccc(COc2ccc3c(c2)CCC3)n1. The van der Waals surface area contributed by atoms with Crippen molar-refractivity contribution in [2.75, 3.05) is 0 Å². The van der Waals surface area contributed by atoms with Crippen molar-refractivity contribution in [1.82, 2.24) is 4.98 Å². The monoisotopic (exact) mass is 254 g/mol. The van der Waals surface area contributed by atoms with E-state index in [1.165, 1.54) is 30.4 Å². The molecule has 0 saturated heterocycles. The third-order valence-electron chi connectivity index (χ3n) is 3.53. The fraction of sp³-hybridized carbons (Fsp3) is 0.312. The summed E-state index contributed by atoms with van der Waals surface area (Å²) in [5, 5.41) is 0. The highest BCUT2D eigenvalue weighted by atomic mass is 16.5. The van der Waals surface area contributed by atoms with E-state index in [-0.39, 0.29) is 0 Å². The Morgan fingerprint density at radius 1 is 1.05 bits per heavy atom. The molecule has 0 radical (unpaired) electrons. The molecule has 2 aromatic rings. The van der Waals surface area contributed by atoms with Crippen molar-refractivity contribution in [2.45, 2.75) is 32.4 Å². The fourth-order valence-corrected chi connectivity index (χ4v) is 2.52. The second-order valence-electron chi connectivity index (χ2n) is 4.90. The molecule has 0 aliphatic heterocycles. The van der Waals surface area contributed by atoms with Gasteiger partial charge in [-0.15, -0.1) is 0 Å². The average molecular weight is 254 g/mol. The molecule has 3 nitrogen and oxygen atoms in total. The first-order valence-electron chi connectivity index (χ1n) is 6.74. The smallest absolute Gasteiger partial charge is 0.130 e. The summed E-state index contributed by atoms with van der Waals surface area (Å²) in [6, 6.07) is 12.3. The summed E-state index contributed by atoms with van der Waals surface area (Å²) in [6.45, 7) is 0.958. The summed E-state index contributed by atoms with van der Waals surface area (Å²) < 4.78 is 5.81. The third-order valence-corrected chi connectivity index (χ3v) is 3.53. The van der Waals surface area contributed by atoms with Crippen LogP contribution >= 0.6 is 0 Å². The molecule has 1 aliphatic carbocycles. The van der Waals surface area contributed by atoms with E-state index >= 15 is 0 Å². The molecule has 1 aromatic heterocycles. The van der Waals surface area contributed by atoms with E-state index in [4.69, 9.17) is 10.5 Å². The minimum Gasteiger partial charge on any atom is -0.487 e. The van der Waals surface area contributed by atoms with Crippen molar-refractivity contribution < 1.29 is 4.74 Å². The summed E-state index contributed by atoms with van der Waals surface area (Å²) in [5.41, 5.74) is 10.3. The van der Waals surface area contributed by atoms with Gasteiger partial charge in [-0.2, -0.15) is 0 Å². The molecular formula is C16H18N2O. The number of hydrogen-bond donors (Lipinski definition) is 1. The van der Waals surface area contributed by atoms with Crippen LogP contribution < -0.4 is 10.5 Å². The van der Waals surface area contributed by atoms with Crippen LogP contribution in [0.1, 0.15) is 28.9 Å². The second-order valence-corrected chi connectivity index (χ2v) is 4.90. The van der Waals surface area contributed by atoms with Crippen molar-refractivity contribution >= 4 is 0 Å². The van der Waals surface area contributed by atoms with Crippen LogP contribution in [0.4, 0.5) is 0 Å². The van der Waals surface area contributed by atoms with Crippen LogP contribution in [-0.4, -0.2) is 4.98 Å². The van der Waals surface area contributed by atoms with E-state index in [9.17, 15) is 0 Å². The molecule has 98 valence electrons. The van der Waals surface area contributed by atoms with Gasteiger partial charge in [0.15, 0.2) is 0 Å². The average Bonchev–Trinajstić information content (AvgIpc) is 2.93. The van der Waals surface area contributed by atoms with E-state index in [1.54, 1.807) is 0 Å². The molecule has 0 saturated carbocycles.